The summed E-state index contributed by atoms with van der Waals surface area (Å²) in [5.74, 6) is -0.413. The van der Waals surface area contributed by atoms with E-state index in [2.05, 4.69) is 15.9 Å². The zero-order valence-electron chi connectivity index (χ0n) is 11.3. The fourth-order valence-electron chi connectivity index (χ4n) is 2.02. The molecule has 0 aliphatic carbocycles. The molecule has 0 bridgehead atoms. The first kappa shape index (κ1) is 15.0. The van der Waals surface area contributed by atoms with E-state index in [0.717, 1.165) is 11.6 Å². The third-order valence-electron chi connectivity index (χ3n) is 3.04. The number of alkyl halides is 1. The van der Waals surface area contributed by atoms with Crippen molar-refractivity contribution in [2.45, 2.75) is 18.7 Å². The maximum absolute atomic E-state index is 14.0. The predicted molar refractivity (Wildman–Crippen MR) is 79.5 cm³/mol. The summed E-state index contributed by atoms with van der Waals surface area (Å²) in [6, 6.07) is 9.86. The van der Waals surface area contributed by atoms with E-state index < -0.39 is 11.6 Å². The van der Waals surface area contributed by atoms with Crippen molar-refractivity contribution in [2.75, 3.05) is 6.61 Å². The molecule has 0 N–H and O–H groups in total. The molecular weight excluding hydrogens is 326 g/mol. The van der Waals surface area contributed by atoms with Crippen LogP contribution in [0.1, 0.15) is 28.4 Å². The van der Waals surface area contributed by atoms with Crippen molar-refractivity contribution in [3.05, 3.63) is 64.7 Å². The summed E-state index contributed by atoms with van der Waals surface area (Å²) < 4.78 is 32.9. The number of para-hydroxylation sites is 1. The van der Waals surface area contributed by atoms with Crippen LogP contribution in [0.2, 0.25) is 0 Å². The highest BCUT2D eigenvalue weighted by Gasteiger charge is 2.20. The molecule has 0 spiro atoms. The Bertz CT molecular complexity index is 613. The van der Waals surface area contributed by atoms with Gasteiger partial charge in [0.25, 0.3) is 0 Å². The van der Waals surface area contributed by atoms with Crippen LogP contribution in [0.25, 0.3) is 0 Å². The topological polar surface area (TPSA) is 9.23 Å². The number of ether oxygens (including phenoxy) is 1. The number of aryl methyl sites for hydroxylation is 1. The second-order valence-corrected chi connectivity index (χ2v) is 5.37. The van der Waals surface area contributed by atoms with E-state index >= 15 is 0 Å². The first-order valence-corrected chi connectivity index (χ1v) is 7.27. The van der Waals surface area contributed by atoms with Gasteiger partial charge in [0.2, 0.25) is 0 Å². The predicted octanol–water partition coefficient (Wildman–Crippen LogP) is 5.16. The Labute approximate surface area is 125 Å². The molecule has 20 heavy (non-hydrogen) atoms. The molecule has 0 radical (unpaired) electrons. The van der Waals surface area contributed by atoms with Crippen LogP contribution in [0.4, 0.5) is 8.78 Å². The van der Waals surface area contributed by atoms with E-state index in [-0.39, 0.29) is 4.83 Å². The number of halogens is 3. The lowest BCUT2D eigenvalue weighted by molar-refractivity contribution is 0.337. The van der Waals surface area contributed by atoms with Gasteiger partial charge in [-0.15, -0.1) is 0 Å². The first-order valence-electron chi connectivity index (χ1n) is 6.36. The quantitative estimate of drug-likeness (QED) is 0.699. The second-order valence-electron chi connectivity index (χ2n) is 4.46. The van der Waals surface area contributed by atoms with Gasteiger partial charge in [0, 0.05) is 17.2 Å². The summed E-state index contributed by atoms with van der Waals surface area (Å²) in [4.78, 5) is -0.385. The third kappa shape index (κ3) is 3.01. The fraction of sp³-hybridized carbons (Fsp3) is 0.250. The molecule has 0 saturated heterocycles. The Morgan fingerprint density at radius 3 is 2.50 bits per heavy atom. The van der Waals surface area contributed by atoms with Crippen LogP contribution >= 0.6 is 15.9 Å². The Kier molecular flexibility index (Phi) is 4.76. The van der Waals surface area contributed by atoms with Crippen molar-refractivity contribution in [2.24, 2.45) is 0 Å². The normalized spacial score (nSPS) is 12.2. The lowest BCUT2D eigenvalue weighted by atomic mass is 10.0. The fourth-order valence-corrected chi connectivity index (χ4v) is 2.75. The molecule has 106 valence electrons. The van der Waals surface area contributed by atoms with E-state index in [0.29, 0.717) is 23.5 Å². The standard InChI is InChI=1S/C16H15BrF2O/c1-3-20-15-7-5-4-6-11(15)16(17)12-8-10(2)13(18)9-14(12)19/h4-9,16H,3H2,1-2H3. The van der Waals surface area contributed by atoms with Crippen molar-refractivity contribution >= 4 is 15.9 Å². The summed E-state index contributed by atoms with van der Waals surface area (Å²) in [5.41, 5.74) is 1.63. The molecule has 2 rings (SSSR count). The second kappa shape index (κ2) is 6.35. The first-order chi connectivity index (χ1) is 9.54. The van der Waals surface area contributed by atoms with Crippen LogP contribution in [-0.4, -0.2) is 6.61 Å². The van der Waals surface area contributed by atoms with E-state index in [1.807, 2.05) is 31.2 Å². The Balaban J connectivity index is 2.46. The molecule has 0 amide bonds. The van der Waals surface area contributed by atoms with E-state index in [9.17, 15) is 8.78 Å². The molecular formula is C16H15BrF2O. The summed E-state index contributed by atoms with van der Waals surface area (Å²) in [6.45, 7) is 4.04. The summed E-state index contributed by atoms with van der Waals surface area (Å²) >= 11 is 3.48. The van der Waals surface area contributed by atoms with Crippen LogP contribution in [0.5, 0.6) is 5.75 Å². The van der Waals surface area contributed by atoms with Crippen LogP contribution < -0.4 is 4.74 Å². The smallest absolute Gasteiger partial charge is 0.130 e. The van der Waals surface area contributed by atoms with Gasteiger partial charge in [-0.25, -0.2) is 8.78 Å². The van der Waals surface area contributed by atoms with Crippen molar-refractivity contribution in [1.29, 1.82) is 0 Å². The highest BCUT2D eigenvalue weighted by molar-refractivity contribution is 9.09. The van der Waals surface area contributed by atoms with Gasteiger partial charge in [0.1, 0.15) is 17.4 Å². The van der Waals surface area contributed by atoms with Crippen LogP contribution in [-0.2, 0) is 0 Å². The minimum atomic E-state index is -0.568. The Morgan fingerprint density at radius 2 is 1.80 bits per heavy atom. The van der Waals surface area contributed by atoms with Crippen molar-refractivity contribution in [3.63, 3.8) is 0 Å². The van der Waals surface area contributed by atoms with Gasteiger partial charge in [0.15, 0.2) is 0 Å². The monoisotopic (exact) mass is 340 g/mol. The number of rotatable bonds is 4. The average molecular weight is 341 g/mol. The SMILES string of the molecule is CCOc1ccccc1C(Br)c1cc(C)c(F)cc1F. The molecule has 2 aromatic carbocycles. The third-order valence-corrected chi connectivity index (χ3v) is 4.03. The van der Waals surface area contributed by atoms with Crippen molar-refractivity contribution in [1.82, 2.24) is 0 Å². The van der Waals surface area contributed by atoms with Gasteiger partial charge in [-0.3, -0.25) is 0 Å². The zero-order valence-corrected chi connectivity index (χ0v) is 12.9. The van der Waals surface area contributed by atoms with Gasteiger partial charge in [-0.1, -0.05) is 34.1 Å². The highest BCUT2D eigenvalue weighted by Crippen LogP contribution is 2.38. The minimum absolute atomic E-state index is 0.385. The molecule has 1 unspecified atom stereocenters. The maximum atomic E-state index is 14.0. The van der Waals surface area contributed by atoms with Crippen LogP contribution in [0.15, 0.2) is 36.4 Å². The van der Waals surface area contributed by atoms with Crippen molar-refractivity contribution in [3.8, 4) is 5.75 Å². The summed E-state index contributed by atoms with van der Waals surface area (Å²) in [6.07, 6.45) is 0. The molecule has 0 heterocycles. The molecule has 1 atom stereocenters. The number of hydrogen-bond acceptors (Lipinski definition) is 1. The lowest BCUT2D eigenvalue weighted by Gasteiger charge is -2.16. The minimum Gasteiger partial charge on any atom is -0.494 e. The van der Waals surface area contributed by atoms with Gasteiger partial charge in [-0.2, -0.15) is 0 Å². The van der Waals surface area contributed by atoms with Gasteiger partial charge in [-0.05, 0) is 31.5 Å². The Morgan fingerprint density at radius 1 is 1.10 bits per heavy atom. The molecule has 0 aliphatic heterocycles. The Hall–Kier alpha value is -1.42. The molecule has 2 aromatic rings. The van der Waals surface area contributed by atoms with E-state index in [1.165, 1.54) is 6.07 Å². The highest BCUT2D eigenvalue weighted by atomic mass is 79.9. The summed E-state index contributed by atoms with van der Waals surface area (Å²) in [7, 11) is 0. The van der Waals surface area contributed by atoms with E-state index in [1.54, 1.807) is 6.92 Å². The van der Waals surface area contributed by atoms with Crippen LogP contribution in [0, 0.1) is 18.6 Å². The van der Waals surface area contributed by atoms with Crippen molar-refractivity contribution < 1.29 is 13.5 Å². The number of benzene rings is 2. The summed E-state index contributed by atoms with van der Waals surface area (Å²) in [5, 5.41) is 0. The molecule has 0 saturated carbocycles. The molecule has 0 fully saturated rings. The molecule has 0 aliphatic rings. The maximum Gasteiger partial charge on any atom is 0.130 e. The van der Waals surface area contributed by atoms with Crippen LogP contribution in [0.3, 0.4) is 0 Å². The number of hydrogen-bond donors (Lipinski definition) is 0. The lowest BCUT2D eigenvalue weighted by Crippen LogP contribution is -2.02. The van der Waals surface area contributed by atoms with E-state index in [4.69, 9.17) is 4.74 Å². The van der Waals surface area contributed by atoms with Gasteiger partial charge >= 0.3 is 0 Å². The van der Waals surface area contributed by atoms with Gasteiger partial charge < -0.3 is 4.74 Å². The molecule has 0 aromatic heterocycles. The zero-order chi connectivity index (χ0) is 14.7. The molecule has 1 nitrogen and oxygen atoms in total. The molecule has 4 heteroatoms. The largest absolute Gasteiger partial charge is 0.494 e. The van der Waals surface area contributed by atoms with Gasteiger partial charge in [0.05, 0.1) is 11.4 Å². The average Bonchev–Trinajstić information content (AvgIpc) is 2.43.